The van der Waals surface area contributed by atoms with Crippen molar-refractivity contribution in [3.05, 3.63) is 29.8 Å². The van der Waals surface area contributed by atoms with Crippen molar-refractivity contribution in [3.8, 4) is 5.75 Å². The molecule has 1 unspecified atom stereocenters. The Kier molecular flexibility index (Phi) is 5.40. The van der Waals surface area contributed by atoms with Crippen LogP contribution in [0.3, 0.4) is 0 Å². The number of halogens is 2. The van der Waals surface area contributed by atoms with E-state index in [0.717, 1.165) is 0 Å². The van der Waals surface area contributed by atoms with Crippen LogP contribution in [0.15, 0.2) is 24.3 Å². The first-order chi connectivity index (χ1) is 9.21. The molecule has 1 aromatic rings. The number of para-hydroxylation sites is 1. The molecule has 1 atom stereocenters. The molecule has 0 saturated heterocycles. The van der Waals surface area contributed by atoms with Crippen molar-refractivity contribution in [3.63, 3.8) is 0 Å². The quantitative estimate of drug-likeness (QED) is 0.767. The molecule has 0 heterocycles. The van der Waals surface area contributed by atoms with E-state index in [1.165, 1.54) is 24.3 Å². The lowest BCUT2D eigenvalue weighted by molar-refractivity contribution is -0.145. The molecule has 0 radical (unpaired) electrons. The maximum atomic E-state index is 12.2. The van der Waals surface area contributed by atoms with Crippen molar-refractivity contribution in [1.82, 2.24) is 0 Å². The summed E-state index contributed by atoms with van der Waals surface area (Å²) < 4.78 is 51.9. The summed E-state index contributed by atoms with van der Waals surface area (Å²) in [5.74, 6) is -3.70. The molecule has 0 aliphatic carbocycles. The molecule has 0 aliphatic rings. The molecule has 9 heteroatoms. The topological polar surface area (TPSA) is 101 Å². The first-order valence-corrected chi connectivity index (χ1v) is 7.17. The SMILES string of the molecule is O=C(O)C(O)CS(=O)(=O)Cc1ccccc1OC(F)F. The van der Waals surface area contributed by atoms with Gasteiger partial charge in [-0.05, 0) is 6.07 Å². The monoisotopic (exact) mass is 310 g/mol. The van der Waals surface area contributed by atoms with Gasteiger partial charge in [-0.15, -0.1) is 0 Å². The highest BCUT2D eigenvalue weighted by Gasteiger charge is 2.24. The third kappa shape index (κ3) is 5.10. The predicted molar refractivity (Wildman–Crippen MR) is 64.2 cm³/mol. The van der Waals surface area contributed by atoms with Crippen LogP contribution in [0, 0.1) is 0 Å². The molecule has 0 aromatic heterocycles. The van der Waals surface area contributed by atoms with E-state index in [4.69, 9.17) is 10.2 Å². The molecule has 0 aliphatic heterocycles. The average Bonchev–Trinajstić information content (AvgIpc) is 2.29. The minimum absolute atomic E-state index is 0.0367. The van der Waals surface area contributed by atoms with Crippen LogP contribution < -0.4 is 4.74 Å². The van der Waals surface area contributed by atoms with Gasteiger partial charge in [-0.25, -0.2) is 13.2 Å². The molecular weight excluding hydrogens is 298 g/mol. The lowest BCUT2D eigenvalue weighted by Gasteiger charge is -2.11. The zero-order valence-corrected chi connectivity index (χ0v) is 10.9. The Balaban J connectivity index is 2.89. The number of ether oxygens (including phenoxy) is 1. The van der Waals surface area contributed by atoms with Crippen molar-refractivity contribution < 1.29 is 36.9 Å². The van der Waals surface area contributed by atoms with E-state index < -0.39 is 40.0 Å². The van der Waals surface area contributed by atoms with E-state index in [-0.39, 0.29) is 11.3 Å². The summed E-state index contributed by atoms with van der Waals surface area (Å²) >= 11 is 0. The van der Waals surface area contributed by atoms with Gasteiger partial charge < -0.3 is 14.9 Å². The van der Waals surface area contributed by atoms with Gasteiger partial charge in [0.2, 0.25) is 0 Å². The van der Waals surface area contributed by atoms with Crippen LogP contribution in [0.25, 0.3) is 0 Å². The van der Waals surface area contributed by atoms with E-state index in [2.05, 4.69) is 4.74 Å². The Hall–Kier alpha value is -1.74. The van der Waals surface area contributed by atoms with Gasteiger partial charge in [-0.1, -0.05) is 18.2 Å². The summed E-state index contributed by atoms with van der Waals surface area (Å²) in [6.07, 6.45) is -2.07. The number of carboxylic acid groups (broad SMARTS) is 1. The number of rotatable bonds is 7. The Bertz CT molecular complexity index is 572. The number of carboxylic acids is 1. The fourth-order valence-corrected chi connectivity index (χ4v) is 2.90. The summed E-state index contributed by atoms with van der Waals surface area (Å²) in [5.41, 5.74) is -0.0367. The lowest BCUT2D eigenvalue weighted by atomic mass is 10.2. The Morgan fingerprint density at radius 2 is 1.90 bits per heavy atom. The van der Waals surface area contributed by atoms with Crippen LogP contribution in [0.2, 0.25) is 0 Å². The number of aliphatic carboxylic acids is 1. The maximum absolute atomic E-state index is 12.2. The fraction of sp³-hybridized carbons (Fsp3) is 0.364. The lowest BCUT2D eigenvalue weighted by Crippen LogP contribution is -2.29. The zero-order chi connectivity index (χ0) is 15.3. The van der Waals surface area contributed by atoms with E-state index in [1.807, 2.05) is 0 Å². The summed E-state index contributed by atoms with van der Waals surface area (Å²) in [5, 5.41) is 17.5. The highest BCUT2D eigenvalue weighted by atomic mass is 32.2. The molecule has 112 valence electrons. The number of aliphatic hydroxyl groups excluding tert-OH is 1. The van der Waals surface area contributed by atoms with Crippen LogP contribution >= 0.6 is 0 Å². The number of carbonyl (C=O) groups is 1. The molecule has 2 N–H and O–H groups in total. The van der Waals surface area contributed by atoms with Crippen molar-refractivity contribution in [2.24, 2.45) is 0 Å². The molecule has 1 aromatic carbocycles. The van der Waals surface area contributed by atoms with Gasteiger partial charge in [-0.2, -0.15) is 8.78 Å². The second-order valence-corrected chi connectivity index (χ2v) is 6.00. The third-order valence-corrected chi connectivity index (χ3v) is 3.84. The third-order valence-electron chi connectivity index (χ3n) is 2.26. The van der Waals surface area contributed by atoms with Gasteiger partial charge >= 0.3 is 12.6 Å². The number of alkyl halides is 2. The number of benzene rings is 1. The van der Waals surface area contributed by atoms with Crippen LogP contribution in [0.4, 0.5) is 8.78 Å². The van der Waals surface area contributed by atoms with Crippen LogP contribution in [-0.2, 0) is 20.4 Å². The first-order valence-electron chi connectivity index (χ1n) is 5.35. The van der Waals surface area contributed by atoms with Gasteiger partial charge in [0.25, 0.3) is 0 Å². The normalized spacial score (nSPS) is 13.2. The van der Waals surface area contributed by atoms with Crippen molar-refractivity contribution in [2.45, 2.75) is 18.5 Å². The van der Waals surface area contributed by atoms with Crippen LogP contribution in [-0.4, -0.2) is 43.1 Å². The summed E-state index contributed by atoms with van der Waals surface area (Å²) in [6, 6.07) is 5.25. The number of hydrogen-bond acceptors (Lipinski definition) is 5. The Labute approximate surface area is 113 Å². The summed E-state index contributed by atoms with van der Waals surface area (Å²) in [6.45, 7) is -3.11. The largest absolute Gasteiger partial charge is 0.479 e. The molecular formula is C11H12F2O6S. The second-order valence-electron chi connectivity index (χ2n) is 3.89. The number of hydrogen-bond donors (Lipinski definition) is 2. The molecule has 0 fully saturated rings. The van der Waals surface area contributed by atoms with Gasteiger partial charge in [0, 0.05) is 5.56 Å². The molecule has 1 rings (SSSR count). The van der Waals surface area contributed by atoms with Crippen molar-refractivity contribution >= 4 is 15.8 Å². The molecule has 0 spiro atoms. The molecule has 6 nitrogen and oxygen atoms in total. The number of sulfone groups is 1. The second kappa shape index (κ2) is 6.62. The molecule has 0 bridgehead atoms. The minimum Gasteiger partial charge on any atom is -0.479 e. The summed E-state index contributed by atoms with van der Waals surface area (Å²) in [7, 11) is -3.99. The standard InChI is InChI=1S/C11H12F2O6S/c12-11(13)19-9-4-2-1-3-7(9)5-20(17,18)6-8(14)10(15)16/h1-4,8,11,14H,5-6H2,(H,15,16). The van der Waals surface area contributed by atoms with E-state index in [9.17, 15) is 22.0 Å². The smallest absolute Gasteiger partial charge is 0.387 e. The Morgan fingerprint density at radius 1 is 1.30 bits per heavy atom. The van der Waals surface area contributed by atoms with Gasteiger partial charge in [0.05, 0.1) is 11.5 Å². The van der Waals surface area contributed by atoms with E-state index >= 15 is 0 Å². The van der Waals surface area contributed by atoms with Crippen LogP contribution in [0.5, 0.6) is 5.75 Å². The maximum Gasteiger partial charge on any atom is 0.387 e. The van der Waals surface area contributed by atoms with E-state index in [1.54, 1.807) is 0 Å². The van der Waals surface area contributed by atoms with Gasteiger partial charge in [0.15, 0.2) is 15.9 Å². The Morgan fingerprint density at radius 3 is 2.45 bits per heavy atom. The fourth-order valence-electron chi connectivity index (χ4n) is 1.44. The highest BCUT2D eigenvalue weighted by molar-refractivity contribution is 7.90. The summed E-state index contributed by atoms with van der Waals surface area (Å²) in [4.78, 5) is 10.4. The predicted octanol–water partition coefficient (Wildman–Crippen LogP) is 0.648. The van der Waals surface area contributed by atoms with Gasteiger partial charge in [0.1, 0.15) is 5.75 Å². The van der Waals surface area contributed by atoms with E-state index in [0.29, 0.717) is 0 Å². The minimum atomic E-state index is -3.99. The molecule has 0 saturated carbocycles. The van der Waals surface area contributed by atoms with Crippen LogP contribution in [0.1, 0.15) is 5.56 Å². The molecule has 20 heavy (non-hydrogen) atoms. The zero-order valence-electron chi connectivity index (χ0n) is 10.1. The average molecular weight is 310 g/mol. The number of aliphatic hydroxyl groups is 1. The van der Waals surface area contributed by atoms with Gasteiger partial charge in [-0.3, -0.25) is 0 Å². The first kappa shape index (κ1) is 16.3. The molecule has 0 amide bonds. The van der Waals surface area contributed by atoms with Crippen molar-refractivity contribution in [2.75, 3.05) is 5.75 Å². The highest BCUT2D eigenvalue weighted by Crippen LogP contribution is 2.22. The van der Waals surface area contributed by atoms with Crippen molar-refractivity contribution in [1.29, 1.82) is 0 Å².